The lowest BCUT2D eigenvalue weighted by atomic mass is 9.69. The third-order valence-corrected chi connectivity index (χ3v) is 5.78. The van der Waals surface area contributed by atoms with Gasteiger partial charge in [0.25, 0.3) is 0 Å². The number of H-pyrrole nitrogens is 2. The number of hydrogen-bond donors (Lipinski definition) is 2. The van der Waals surface area contributed by atoms with Gasteiger partial charge in [0, 0.05) is 35.1 Å². The lowest BCUT2D eigenvalue weighted by molar-refractivity contribution is 0.169. The Morgan fingerprint density at radius 1 is 1.04 bits per heavy atom. The highest BCUT2D eigenvalue weighted by Crippen LogP contribution is 2.43. The topological polar surface area (TPSA) is 57.4 Å². The molecule has 126 valence electrons. The molecule has 0 saturated heterocycles. The van der Waals surface area contributed by atoms with Gasteiger partial charge in [-0.15, -0.1) is 0 Å². The Hall–Kier alpha value is -2.10. The van der Waals surface area contributed by atoms with Crippen LogP contribution in [-0.2, 0) is 0 Å². The molecule has 1 aliphatic carbocycles. The molecule has 0 aliphatic heterocycles. The first kappa shape index (κ1) is 15.4. The fraction of sp³-hybridized carbons (Fsp3) is 0.500. The summed E-state index contributed by atoms with van der Waals surface area (Å²) in [5, 5.41) is 8.17. The number of hydrogen-bond acceptors (Lipinski definition) is 2. The maximum atomic E-state index is 4.67. The quantitative estimate of drug-likeness (QED) is 0.675. The zero-order chi connectivity index (χ0) is 16.7. The Kier molecular flexibility index (Phi) is 3.70. The first-order valence-electron chi connectivity index (χ1n) is 8.98. The summed E-state index contributed by atoms with van der Waals surface area (Å²) >= 11 is 0. The summed E-state index contributed by atoms with van der Waals surface area (Å²) in [6, 6.07) is 2.34. The van der Waals surface area contributed by atoms with E-state index in [2.05, 4.69) is 53.2 Å². The normalized spacial score (nSPS) is 22.1. The molecule has 3 aromatic heterocycles. The van der Waals surface area contributed by atoms with Crippen molar-refractivity contribution < 1.29 is 0 Å². The van der Waals surface area contributed by atoms with Crippen LogP contribution in [0.15, 0.2) is 30.9 Å². The summed E-state index contributed by atoms with van der Waals surface area (Å²) in [5.74, 6) is 1.49. The van der Waals surface area contributed by atoms with Gasteiger partial charge in [0.2, 0.25) is 0 Å². The molecule has 4 heteroatoms. The number of rotatable bonds is 2. The third kappa shape index (κ3) is 2.74. The second-order valence-corrected chi connectivity index (χ2v) is 8.27. The van der Waals surface area contributed by atoms with E-state index in [1.165, 1.54) is 42.2 Å². The first-order chi connectivity index (χ1) is 11.5. The van der Waals surface area contributed by atoms with Crippen LogP contribution >= 0.6 is 0 Å². The van der Waals surface area contributed by atoms with Gasteiger partial charge in [-0.05, 0) is 54.6 Å². The van der Waals surface area contributed by atoms with E-state index in [0.29, 0.717) is 11.3 Å². The number of fused-ring (bicyclic) bond motifs is 1. The van der Waals surface area contributed by atoms with Gasteiger partial charge >= 0.3 is 0 Å². The fourth-order valence-corrected chi connectivity index (χ4v) is 4.17. The molecule has 0 radical (unpaired) electrons. The number of nitrogens with one attached hydrogen (secondary N) is 2. The molecular weight excluding hydrogens is 296 g/mol. The molecule has 1 aliphatic rings. The standard InChI is InChI=1S/C20H26N4/c1-20(2,3)16-6-4-13(5-7-16)14-8-17-18(15-10-23-24-11-15)12-22-19(17)21-9-14/h8-13,16H,4-7H2,1-3H3,(H,21,22)(H,23,24). The van der Waals surface area contributed by atoms with Crippen LogP contribution in [0.2, 0.25) is 0 Å². The lowest BCUT2D eigenvalue weighted by Gasteiger charge is -2.37. The molecule has 0 amide bonds. The molecule has 2 N–H and O–H groups in total. The summed E-state index contributed by atoms with van der Waals surface area (Å²) in [6.45, 7) is 7.13. The molecule has 0 spiro atoms. The molecule has 1 fully saturated rings. The van der Waals surface area contributed by atoms with Crippen LogP contribution < -0.4 is 0 Å². The van der Waals surface area contributed by atoms with Gasteiger partial charge in [0.1, 0.15) is 5.65 Å². The predicted molar refractivity (Wildman–Crippen MR) is 97.8 cm³/mol. The van der Waals surface area contributed by atoms with E-state index in [1.54, 1.807) is 0 Å². The first-order valence-corrected chi connectivity index (χ1v) is 8.98. The van der Waals surface area contributed by atoms with Gasteiger partial charge in [0.05, 0.1) is 6.20 Å². The maximum absolute atomic E-state index is 4.67. The largest absolute Gasteiger partial charge is 0.346 e. The Morgan fingerprint density at radius 2 is 1.83 bits per heavy atom. The fourth-order valence-electron chi connectivity index (χ4n) is 4.17. The zero-order valence-electron chi connectivity index (χ0n) is 14.8. The second kappa shape index (κ2) is 5.76. The van der Waals surface area contributed by atoms with E-state index in [9.17, 15) is 0 Å². The molecule has 3 heterocycles. The van der Waals surface area contributed by atoms with Gasteiger partial charge in [-0.3, -0.25) is 5.10 Å². The summed E-state index contributed by atoms with van der Waals surface area (Å²) < 4.78 is 0. The molecule has 0 bridgehead atoms. The van der Waals surface area contributed by atoms with E-state index < -0.39 is 0 Å². The third-order valence-electron chi connectivity index (χ3n) is 5.78. The number of pyridine rings is 1. The van der Waals surface area contributed by atoms with Crippen molar-refractivity contribution in [2.75, 3.05) is 0 Å². The zero-order valence-corrected chi connectivity index (χ0v) is 14.8. The van der Waals surface area contributed by atoms with Gasteiger partial charge in [0.15, 0.2) is 0 Å². The molecule has 1 saturated carbocycles. The van der Waals surface area contributed by atoms with Gasteiger partial charge in [-0.25, -0.2) is 4.98 Å². The van der Waals surface area contributed by atoms with Crippen molar-refractivity contribution in [2.24, 2.45) is 11.3 Å². The number of aromatic amines is 2. The minimum absolute atomic E-state index is 0.433. The molecule has 0 aromatic carbocycles. The van der Waals surface area contributed by atoms with Crippen molar-refractivity contribution >= 4 is 11.0 Å². The van der Waals surface area contributed by atoms with Gasteiger partial charge in [-0.1, -0.05) is 20.8 Å². The highest BCUT2D eigenvalue weighted by molar-refractivity contribution is 5.93. The molecule has 24 heavy (non-hydrogen) atoms. The SMILES string of the molecule is CC(C)(C)C1CCC(c2cnc3[nH]cc(-c4cn[nH]c4)c3c2)CC1. The molecule has 3 aromatic rings. The van der Waals surface area contributed by atoms with Crippen LogP contribution in [0.1, 0.15) is 57.9 Å². The van der Waals surface area contributed by atoms with Gasteiger partial charge < -0.3 is 4.98 Å². The average Bonchev–Trinajstić information content (AvgIpc) is 3.22. The average molecular weight is 322 g/mol. The predicted octanol–water partition coefficient (Wildman–Crippen LogP) is 5.27. The maximum Gasteiger partial charge on any atom is 0.137 e. The molecule has 0 atom stereocenters. The van der Waals surface area contributed by atoms with E-state index in [-0.39, 0.29) is 0 Å². The summed E-state index contributed by atoms with van der Waals surface area (Å²) in [5.41, 5.74) is 5.06. The summed E-state index contributed by atoms with van der Waals surface area (Å²) in [6.07, 6.45) is 13.1. The second-order valence-electron chi connectivity index (χ2n) is 8.27. The van der Waals surface area contributed by atoms with Crippen molar-refractivity contribution in [3.63, 3.8) is 0 Å². The van der Waals surface area contributed by atoms with E-state index in [0.717, 1.165) is 17.1 Å². The Morgan fingerprint density at radius 3 is 2.50 bits per heavy atom. The minimum Gasteiger partial charge on any atom is -0.346 e. The summed E-state index contributed by atoms with van der Waals surface area (Å²) in [4.78, 5) is 7.95. The Balaban J connectivity index is 1.61. The van der Waals surface area contributed by atoms with Crippen LogP contribution in [0.4, 0.5) is 0 Å². The monoisotopic (exact) mass is 322 g/mol. The molecule has 4 nitrogen and oxygen atoms in total. The van der Waals surface area contributed by atoms with Crippen LogP contribution in [0.5, 0.6) is 0 Å². The van der Waals surface area contributed by atoms with E-state index >= 15 is 0 Å². The number of nitrogens with zero attached hydrogens (tertiary/aromatic N) is 2. The minimum atomic E-state index is 0.433. The van der Waals surface area contributed by atoms with Crippen LogP contribution in [0, 0.1) is 11.3 Å². The molecule has 4 rings (SSSR count). The van der Waals surface area contributed by atoms with Crippen molar-refractivity contribution in [2.45, 2.75) is 52.4 Å². The van der Waals surface area contributed by atoms with Crippen molar-refractivity contribution in [3.05, 3.63) is 36.4 Å². The van der Waals surface area contributed by atoms with E-state index in [4.69, 9.17) is 0 Å². The Labute approximate surface area is 143 Å². The van der Waals surface area contributed by atoms with Crippen molar-refractivity contribution in [1.29, 1.82) is 0 Å². The Bertz CT molecular complexity index is 815. The smallest absolute Gasteiger partial charge is 0.137 e. The van der Waals surface area contributed by atoms with Crippen LogP contribution in [0.3, 0.4) is 0 Å². The molecule has 0 unspecified atom stereocenters. The number of aromatic nitrogens is 4. The van der Waals surface area contributed by atoms with Crippen LogP contribution in [0.25, 0.3) is 22.2 Å². The lowest BCUT2D eigenvalue weighted by Crippen LogP contribution is -2.25. The highest BCUT2D eigenvalue weighted by atomic mass is 15.1. The summed E-state index contributed by atoms with van der Waals surface area (Å²) in [7, 11) is 0. The van der Waals surface area contributed by atoms with Crippen molar-refractivity contribution in [1.82, 2.24) is 20.2 Å². The van der Waals surface area contributed by atoms with Crippen LogP contribution in [-0.4, -0.2) is 20.2 Å². The highest BCUT2D eigenvalue weighted by Gasteiger charge is 2.30. The van der Waals surface area contributed by atoms with Gasteiger partial charge in [-0.2, -0.15) is 5.10 Å². The van der Waals surface area contributed by atoms with Crippen molar-refractivity contribution in [3.8, 4) is 11.1 Å². The molecular formula is C20H26N4. The van der Waals surface area contributed by atoms with E-state index in [1.807, 2.05) is 18.6 Å².